The van der Waals surface area contributed by atoms with Gasteiger partial charge in [-0.3, -0.25) is 9.48 Å². The fourth-order valence-electron chi connectivity index (χ4n) is 1.41. The van der Waals surface area contributed by atoms with E-state index < -0.39 is 15.9 Å². The molecular weight excluding hydrogens is 256 g/mol. The van der Waals surface area contributed by atoms with Crippen molar-refractivity contribution in [2.45, 2.75) is 12.5 Å². The summed E-state index contributed by atoms with van der Waals surface area (Å²) in [5.41, 5.74) is 6.36. The Labute approximate surface area is 106 Å². The van der Waals surface area contributed by atoms with E-state index in [1.807, 2.05) is 0 Å². The maximum Gasteiger partial charge on any atom is 0.241 e. The average molecular weight is 274 g/mol. The van der Waals surface area contributed by atoms with Crippen LogP contribution < -0.4 is 11.1 Å². The highest BCUT2D eigenvalue weighted by atomic mass is 32.2. The summed E-state index contributed by atoms with van der Waals surface area (Å²) in [4.78, 5) is 11.7. The standard InChI is InChI=1S/C10H18N4O3S/c1-14-7-8(6-13-14)9(11)10(15)12-4-3-5-18(2,16)17/h6-7,9H,3-5,11H2,1-2H3,(H,12,15). The smallest absolute Gasteiger partial charge is 0.241 e. The molecule has 0 aromatic carbocycles. The van der Waals surface area contributed by atoms with E-state index in [4.69, 9.17) is 5.73 Å². The first kappa shape index (κ1) is 14.7. The summed E-state index contributed by atoms with van der Waals surface area (Å²) < 4.78 is 23.3. The molecule has 0 radical (unpaired) electrons. The summed E-state index contributed by atoms with van der Waals surface area (Å²) in [6, 6.07) is -0.781. The zero-order chi connectivity index (χ0) is 13.8. The number of hydrogen-bond donors (Lipinski definition) is 2. The van der Waals surface area contributed by atoms with Crippen molar-refractivity contribution in [2.75, 3.05) is 18.6 Å². The Bertz CT molecular complexity index is 509. The number of aromatic nitrogens is 2. The van der Waals surface area contributed by atoms with Crippen molar-refractivity contribution in [2.24, 2.45) is 12.8 Å². The van der Waals surface area contributed by atoms with Gasteiger partial charge in [-0.15, -0.1) is 0 Å². The van der Waals surface area contributed by atoms with Gasteiger partial charge in [-0.2, -0.15) is 5.10 Å². The maximum absolute atomic E-state index is 11.7. The third kappa shape index (κ3) is 4.84. The van der Waals surface area contributed by atoms with Crippen molar-refractivity contribution in [3.05, 3.63) is 18.0 Å². The number of carbonyl (C=O) groups excluding carboxylic acids is 1. The second-order valence-electron chi connectivity index (χ2n) is 4.20. The number of amides is 1. The highest BCUT2D eigenvalue weighted by Crippen LogP contribution is 2.07. The van der Waals surface area contributed by atoms with E-state index in [2.05, 4.69) is 10.4 Å². The predicted molar refractivity (Wildman–Crippen MR) is 67.5 cm³/mol. The molecule has 0 aliphatic carbocycles. The molecule has 18 heavy (non-hydrogen) atoms. The minimum Gasteiger partial charge on any atom is -0.354 e. The zero-order valence-corrected chi connectivity index (χ0v) is 11.3. The van der Waals surface area contributed by atoms with Crippen LogP contribution in [0, 0.1) is 0 Å². The zero-order valence-electron chi connectivity index (χ0n) is 10.5. The van der Waals surface area contributed by atoms with Crippen LogP contribution in [0.4, 0.5) is 0 Å². The molecule has 0 bridgehead atoms. The van der Waals surface area contributed by atoms with Crippen molar-refractivity contribution in [1.82, 2.24) is 15.1 Å². The summed E-state index contributed by atoms with van der Waals surface area (Å²) >= 11 is 0. The Morgan fingerprint density at radius 3 is 2.78 bits per heavy atom. The van der Waals surface area contributed by atoms with Gasteiger partial charge in [0.15, 0.2) is 0 Å². The van der Waals surface area contributed by atoms with Gasteiger partial charge in [-0.1, -0.05) is 0 Å². The third-order valence-corrected chi connectivity index (χ3v) is 3.39. The molecule has 0 aliphatic heterocycles. The van der Waals surface area contributed by atoms with Crippen LogP contribution >= 0.6 is 0 Å². The summed E-state index contributed by atoms with van der Waals surface area (Å²) in [6.07, 6.45) is 4.74. The number of hydrogen-bond acceptors (Lipinski definition) is 5. The quantitative estimate of drug-likeness (QED) is 0.645. The van der Waals surface area contributed by atoms with Gasteiger partial charge >= 0.3 is 0 Å². The van der Waals surface area contributed by atoms with E-state index in [-0.39, 0.29) is 11.7 Å². The van der Waals surface area contributed by atoms with E-state index in [9.17, 15) is 13.2 Å². The van der Waals surface area contributed by atoms with E-state index >= 15 is 0 Å². The minimum absolute atomic E-state index is 0.0510. The molecule has 0 fully saturated rings. The van der Waals surface area contributed by atoms with E-state index in [0.29, 0.717) is 18.5 Å². The van der Waals surface area contributed by atoms with Gasteiger partial charge < -0.3 is 11.1 Å². The van der Waals surface area contributed by atoms with Crippen LogP contribution in [0.15, 0.2) is 12.4 Å². The van der Waals surface area contributed by atoms with Crippen LogP contribution in [0.2, 0.25) is 0 Å². The molecule has 1 rings (SSSR count). The van der Waals surface area contributed by atoms with Gasteiger partial charge in [0.25, 0.3) is 0 Å². The number of rotatable bonds is 6. The molecule has 1 aromatic rings. The Morgan fingerprint density at radius 1 is 1.61 bits per heavy atom. The van der Waals surface area contributed by atoms with E-state index in [0.717, 1.165) is 6.26 Å². The van der Waals surface area contributed by atoms with Crippen molar-refractivity contribution in [3.63, 3.8) is 0 Å². The lowest BCUT2D eigenvalue weighted by molar-refractivity contribution is -0.122. The third-order valence-electron chi connectivity index (χ3n) is 2.36. The van der Waals surface area contributed by atoms with Crippen LogP contribution in [0.5, 0.6) is 0 Å². The normalized spacial score (nSPS) is 13.3. The fraction of sp³-hybridized carbons (Fsp3) is 0.600. The molecule has 1 amide bonds. The lowest BCUT2D eigenvalue weighted by Gasteiger charge is -2.10. The topological polar surface area (TPSA) is 107 Å². The summed E-state index contributed by atoms with van der Waals surface area (Å²) in [7, 11) is -1.25. The van der Waals surface area contributed by atoms with Crippen LogP contribution in [0.1, 0.15) is 18.0 Å². The molecular formula is C10H18N4O3S. The summed E-state index contributed by atoms with van der Waals surface area (Å²) in [5.74, 6) is -0.286. The van der Waals surface area contributed by atoms with Crippen LogP contribution in [0.25, 0.3) is 0 Å². The SMILES string of the molecule is Cn1cc(C(N)C(=O)NCCCS(C)(=O)=O)cn1. The van der Waals surface area contributed by atoms with Crippen LogP contribution in [0.3, 0.4) is 0 Å². The molecule has 0 spiro atoms. The number of nitrogens with two attached hydrogens (primary N) is 1. The highest BCUT2D eigenvalue weighted by Gasteiger charge is 2.16. The highest BCUT2D eigenvalue weighted by molar-refractivity contribution is 7.90. The second-order valence-corrected chi connectivity index (χ2v) is 6.46. The molecule has 102 valence electrons. The predicted octanol–water partition coefficient (Wildman–Crippen LogP) is -1.03. The summed E-state index contributed by atoms with van der Waals surface area (Å²) in [6.45, 7) is 0.292. The Kier molecular flexibility index (Phi) is 4.85. The number of aryl methyl sites for hydroxylation is 1. The minimum atomic E-state index is -2.99. The lowest BCUT2D eigenvalue weighted by Crippen LogP contribution is -2.35. The first-order valence-corrected chi connectivity index (χ1v) is 7.55. The molecule has 1 unspecified atom stereocenters. The monoisotopic (exact) mass is 274 g/mol. The van der Waals surface area contributed by atoms with Crippen molar-refractivity contribution >= 4 is 15.7 Å². The first-order valence-electron chi connectivity index (χ1n) is 5.49. The van der Waals surface area contributed by atoms with Gasteiger partial charge in [0, 0.05) is 31.6 Å². The van der Waals surface area contributed by atoms with Crippen molar-refractivity contribution in [1.29, 1.82) is 0 Å². The largest absolute Gasteiger partial charge is 0.354 e. The number of nitrogens with one attached hydrogen (secondary N) is 1. The van der Waals surface area contributed by atoms with Gasteiger partial charge in [0.2, 0.25) is 5.91 Å². The van der Waals surface area contributed by atoms with Gasteiger partial charge in [-0.05, 0) is 6.42 Å². The Hall–Kier alpha value is -1.41. The molecule has 0 saturated heterocycles. The Balaban J connectivity index is 2.37. The fourth-order valence-corrected chi connectivity index (χ4v) is 2.08. The number of sulfone groups is 1. The van der Waals surface area contributed by atoms with E-state index in [1.54, 1.807) is 17.9 Å². The second kappa shape index (κ2) is 5.96. The maximum atomic E-state index is 11.7. The number of nitrogens with zero attached hydrogens (tertiary/aromatic N) is 2. The van der Waals surface area contributed by atoms with Crippen molar-refractivity contribution in [3.8, 4) is 0 Å². The van der Waals surface area contributed by atoms with Gasteiger partial charge in [-0.25, -0.2) is 8.42 Å². The van der Waals surface area contributed by atoms with Crippen LogP contribution in [-0.4, -0.2) is 42.7 Å². The first-order chi connectivity index (χ1) is 8.29. The molecule has 1 heterocycles. The van der Waals surface area contributed by atoms with Crippen molar-refractivity contribution < 1.29 is 13.2 Å². The molecule has 8 heteroatoms. The molecule has 0 aliphatic rings. The molecule has 7 nitrogen and oxygen atoms in total. The van der Waals surface area contributed by atoms with Gasteiger partial charge in [0.05, 0.1) is 11.9 Å². The molecule has 3 N–H and O–H groups in total. The van der Waals surface area contributed by atoms with Crippen LogP contribution in [-0.2, 0) is 21.7 Å². The molecule has 0 saturated carbocycles. The lowest BCUT2D eigenvalue weighted by atomic mass is 10.1. The van der Waals surface area contributed by atoms with E-state index in [1.165, 1.54) is 6.20 Å². The molecule has 1 aromatic heterocycles. The molecule has 1 atom stereocenters. The Morgan fingerprint density at radius 2 is 2.28 bits per heavy atom. The van der Waals surface area contributed by atoms with Gasteiger partial charge in [0.1, 0.15) is 15.9 Å². The average Bonchev–Trinajstić information content (AvgIpc) is 2.68. The number of carbonyl (C=O) groups is 1. The summed E-state index contributed by atoms with van der Waals surface area (Å²) in [5, 5.41) is 6.52.